The Bertz CT molecular complexity index is 1150. The number of benzene rings is 2. The van der Waals surface area contributed by atoms with Gasteiger partial charge in [-0.05, 0) is 48.1 Å². The van der Waals surface area contributed by atoms with E-state index in [1.807, 2.05) is 0 Å². The summed E-state index contributed by atoms with van der Waals surface area (Å²) in [5, 5.41) is 9.88. The molecule has 0 aliphatic heterocycles. The van der Waals surface area contributed by atoms with Gasteiger partial charge in [-0.1, -0.05) is 24.3 Å². The van der Waals surface area contributed by atoms with Crippen LogP contribution in [0, 0.1) is 10.1 Å². The second kappa shape index (κ2) is 8.86. The van der Waals surface area contributed by atoms with E-state index in [4.69, 9.17) is 19.8 Å². The van der Waals surface area contributed by atoms with Gasteiger partial charge >= 0.3 is 5.97 Å². The van der Waals surface area contributed by atoms with Crippen LogP contribution >= 0.6 is 0 Å². The van der Waals surface area contributed by atoms with Crippen LogP contribution < -0.4 is 4.74 Å². The second-order valence-electron chi connectivity index (χ2n) is 4.78. The number of carbonyl (C=O) groups is 1. The van der Waals surface area contributed by atoms with Crippen molar-refractivity contribution < 1.29 is 39.3 Å². The first kappa shape index (κ1) is 8.51. The molecule has 2 aromatic carbocycles. The topological polar surface area (TPSA) is 87.9 Å². The predicted molar refractivity (Wildman–Crippen MR) is 92.1 cm³/mol. The molecule has 0 N–H and O–H groups in total. The van der Waals surface area contributed by atoms with E-state index in [1.165, 1.54) is 43.3 Å². The van der Waals surface area contributed by atoms with E-state index in [1.54, 1.807) is 0 Å². The Kier molecular flexibility index (Phi) is 3.02. The van der Waals surface area contributed by atoms with Crippen LogP contribution in [0.3, 0.4) is 0 Å². The fourth-order valence-electron chi connectivity index (χ4n) is 1.99. The van der Waals surface area contributed by atoms with Crippen molar-refractivity contribution in [2.24, 2.45) is 0 Å². The number of fused-ring (bicyclic) bond motifs is 1. The number of ether oxygens (including phenoxy) is 2. The van der Waals surface area contributed by atoms with E-state index in [9.17, 15) is 14.9 Å². The summed E-state index contributed by atoms with van der Waals surface area (Å²) >= 11 is 0. The van der Waals surface area contributed by atoms with Crippen molar-refractivity contribution in [1.29, 1.82) is 0 Å². The minimum absolute atomic E-state index is 0.0772. The van der Waals surface area contributed by atoms with Gasteiger partial charge in [-0.2, -0.15) is 0 Å². The number of nitrogens with zero attached hydrogens (tertiary/aromatic N) is 1. The molecule has 134 valence electrons. The van der Waals surface area contributed by atoms with Gasteiger partial charge in [0.1, 0.15) is 5.75 Å². The molecule has 0 spiro atoms. The smallest absolute Gasteiger partial charge is 0.313 e. The lowest BCUT2D eigenvalue weighted by Crippen LogP contribution is -2.14. The number of hydrogen-bond donors (Lipinski definition) is 0. The molecule has 0 saturated heterocycles. The van der Waals surface area contributed by atoms with Gasteiger partial charge in [-0.25, -0.2) is 0 Å². The second-order valence-corrected chi connectivity index (χ2v) is 4.78. The first-order chi connectivity index (χ1) is 16.1. The van der Waals surface area contributed by atoms with Gasteiger partial charge in [-0.3, -0.25) is 4.79 Å². The molecule has 0 amide bonds. The van der Waals surface area contributed by atoms with Crippen molar-refractivity contribution in [3.8, 4) is 5.75 Å². The highest BCUT2D eigenvalue weighted by molar-refractivity contribution is 5.86. The molecule has 0 heterocycles. The molecule has 0 saturated carbocycles. The molecular weight excluding hydrogens is 326 g/mol. The summed E-state index contributed by atoms with van der Waals surface area (Å²) in [6.45, 7) is -6.43. The predicted octanol–water partition coefficient (Wildman–Crippen LogP) is 3.48. The average Bonchev–Trinajstić information content (AvgIpc) is 2.69. The van der Waals surface area contributed by atoms with Gasteiger partial charge < -0.3 is 14.3 Å². The van der Waals surface area contributed by atoms with Crippen LogP contribution in [0.2, 0.25) is 0 Å². The van der Waals surface area contributed by atoms with Crippen LogP contribution in [-0.2, 0) is 14.4 Å². The molecule has 7 heteroatoms. The van der Waals surface area contributed by atoms with Gasteiger partial charge in [0.25, 0.3) is 5.09 Å². The Balaban J connectivity index is 2.28. The Hall–Kier alpha value is -2.83. The number of esters is 1. The third-order valence-corrected chi connectivity index (χ3v) is 3.24. The standard InChI is InChI=1S/C18H21NO6/c1-13(18(20)24-9-3-4-10-25-19(21)22)14-5-6-16-12-17(23-2)8-7-15(16)11-14/h5-8,11-13H,3-4,9-10H2,1-2H3/t13-/m0/s1/i2D3,3D2,4D2,9D2,10D2. The normalized spacial score (nSPS) is 21.1. The lowest BCUT2D eigenvalue weighted by molar-refractivity contribution is -0.757. The van der Waals surface area contributed by atoms with Crippen molar-refractivity contribution in [3.05, 3.63) is 52.1 Å². The maximum absolute atomic E-state index is 12.6. The number of carbonyl (C=O) groups excluding carboxylic acids is 1. The molecule has 25 heavy (non-hydrogen) atoms. The molecule has 0 unspecified atom stereocenters. The first-order valence-corrected chi connectivity index (χ1v) is 6.90. The van der Waals surface area contributed by atoms with Gasteiger partial charge in [0, 0.05) is 5.48 Å². The molecule has 2 aromatic rings. The van der Waals surface area contributed by atoms with Crippen LogP contribution in [0.5, 0.6) is 5.75 Å². The van der Waals surface area contributed by atoms with Gasteiger partial charge in [-0.15, -0.1) is 10.1 Å². The van der Waals surface area contributed by atoms with Crippen molar-refractivity contribution >= 4 is 16.7 Å². The summed E-state index contributed by atoms with van der Waals surface area (Å²) in [5.74, 6) is -2.47. The minimum atomic E-state index is -3.99. The Labute approximate surface area is 161 Å². The van der Waals surface area contributed by atoms with Crippen LogP contribution in [0.1, 0.15) is 46.2 Å². The van der Waals surface area contributed by atoms with Gasteiger partial charge in [0.15, 0.2) is 0 Å². The zero-order valence-corrected chi connectivity index (χ0v) is 12.9. The molecule has 0 aliphatic carbocycles. The fraction of sp³-hybridized carbons (Fsp3) is 0.389. The SMILES string of the molecule is [2H]C([2H])([2H])Oc1ccc2cc([C@H](C)C(=O)OC([2H])([2H])C([2H])([2H])C([2H])([2H])C([2H])([2H])O[N+](=O)[O-])ccc2c1. The lowest BCUT2D eigenvalue weighted by Gasteiger charge is -2.13. The quantitative estimate of drug-likeness (QED) is 0.387. The summed E-state index contributed by atoms with van der Waals surface area (Å²) in [6.07, 6.45) is -7.94. The third kappa shape index (κ3) is 5.34. The van der Waals surface area contributed by atoms with Crippen molar-refractivity contribution in [2.45, 2.75) is 25.6 Å². The number of methoxy groups -OCH3 is 1. The molecule has 0 aromatic heterocycles. The maximum Gasteiger partial charge on any atom is 0.313 e. The largest absolute Gasteiger partial charge is 0.497 e. The number of rotatable bonds is 9. The number of hydrogen-bond acceptors (Lipinski definition) is 6. The highest BCUT2D eigenvalue weighted by Crippen LogP contribution is 2.25. The van der Waals surface area contributed by atoms with E-state index < -0.39 is 49.9 Å². The first-order valence-electron chi connectivity index (χ1n) is 12.4. The molecule has 7 nitrogen and oxygen atoms in total. The summed E-state index contributed by atoms with van der Waals surface area (Å²) in [7, 11) is -2.65. The minimum Gasteiger partial charge on any atom is -0.497 e. The van der Waals surface area contributed by atoms with E-state index in [0.717, 1.165) is 0 Å². The Morgan fingerprint density at radius 1 is 1.24 bits per heavy atom. The van der Waals surface area contributed by atoms with Crippen molar-refractivity contribution in [2.75, 3.05) is 20.2 Å². The Morgan fingerprint density at radius 3 is 2.72 bits per heavy atom. The summed E-state index contributed by atoms with van der Waals surface area (Å²) in [4.78, 5) is 26.7. The third-order valence-electron chi connectivity index (χ3n) is 3.24. The van der Waals surface area contributed by atoms with E-state index in [0.29, 0.717) is 10.8 Å². The van der Waals surface area contributed by atoms with Gasteiger partial charge in [0.2, 0.25) is 0 Å². The molecular formula is C18H21NO6. The zero-order valence-electron chi connectivity index (χ0n) is 23.9. The zero-order chi connectivity index (χ0) is 27.9. The monoisotopic (exact) mass is 358 g/mol. The Morgan fingerprint density at radius 2 is 1.96 bits per heavy atom. The summed E-state index contributed by atoms with van der Waals surface area (Å²) in [5.41, 5.74) is 0.281. The van der Waals surface area contributed by atoms with E-state index >= 15 is 0 Å². The van der Waals surface area contributed by atoms with E-state index in [-0.39, 0.29) is 11.3 Å². The van der Waals surface area contributed by atoms with Crippen LogP contribution in [0.25, 0.3) is 10.8 Å². The van der Waals surface area contributed by atoms with Crippen LogP contribution in [0.15, 0.2) is 36.4 Å². The van der Waals surface area contributed by atoms with Crippen molar-refractivity contribution in [1.82, 2.24) is 0 Å². The molecule has 0 radical (unpaired) electrons. The average molecular weight is 358 g/mol. The van der Waals surface area contributed by atoms with E-state index in [2.05, 4.69) is 9.57 Å². The highest BCUT2D eigenvalue weighted by Gasteiger charge is 2.17. The van der Waals surface area contributed by atoms with Crippen molar-refractivity contribution in [3.63, 3.8) is 0 Å². The lowest BCUT2D eigenvalue weighted by atomic mass is 9.98. The summed E-state index contributed by atoms with van der Waals surface area (Å²) < 4.78 is 92.2. The maximum atomic E-state index is 12.6. The molecule has 0 fully saturated rings. The van der Waals surface area contributed by atoms with Gasteiger partial charge in [0.05, 0.1) is 35.7 Å². The fourth-order valence-corrected chi connectivity index (χ4v) is 1.99. The molecule has 1 atom stereocenters. The molecule has 0 bridgehead atoms. The molecule has 2 rings (SSSR count). The summed E-state index contributed by atoms with van der Waals surface area (Å²) in [6, 6.07) is 8.83. The van der Waals surface area contributed by atoms with Crippen LogP contribution in [0.4, 0.5) is 0 Å². The highest BCUT2D eigenvalue weighted by atomic mass is 16.9. The molecule has 0 aliphatic rings. The van der Waals surface area contributed by atoms with Crippen LogP contribution in [-0.4, -0.2) is 31.2 Å².